The van der Waals surface area contributed by atoms with Gasteiger partial charge < -0.3 is 14.6 Å². The molecule has 206 valence electrons. The second kappa shape index (κ2) is 23.1. The Kier molecular flexibility index (Phi) is 21.9. The van der Waals surface area contributed by atoms with Gasteiger partial charge in [-0.3, -0.25) is 6.79 Å². The van der Waals surface area contributed by atoms with Crippen LogP contribution in [0.3, 0.4) is 0 Å². The van der Waals surface area contributed by atoms with E-state index >= 15 is 0 Å². The van der Waals surface area contributed by atoms with E-state index in [4.69, 9.17) is 4.79 Å². The van der Waals surface area contributed by atoms with Gasteiger partial charge in [0.1, 0.15) is 0 Å². The summed E-state index contributed by atoms with van der Waals surface area (Å²) in [5, 5.41) is 0. The molecule has 1 aliphatic heterocycles. The van der Waals surface area contributed by atoms with E-state index in [1.807, 2.05) is 47.6 Å². The maximum Gasteiger partial charge on any atom is -0.171 e. The van der Waals surface area contributed by atoms with E-state index in [-0.39, 0.29) is 7.92 Å². The van der Waals surface area contributed by atoms with Crippen LogP contribution in [0.25, 0.3) is 0 Å². The molecule has 4 aliphatic rings. The third-order valence-electron chi connectivity index (χ3n) is 8.04. The van der Waals surface area contributed by atoms with E-state index in [0.717, 1.165) is 0 Å². The third kappa shape index (κ3) is 14.3. The summed E-state index contributed by atoms with van der Waals surface area (Å²) < 4.78 is 0. The average molecular weight is 623 g/mol. The molecule has 0 radical (unpaired) electrons. The second-order valence-corrected chi connectivity index (χ2v) is 14.1. The molecule has 0 atom stereocenters. The molecule has 0 amide bonds. The van der Waals surface area contributed by atoms with Crippen LogP contribution in [0.1, 0.15) is 96.3 Å². The molecule has 3 aliphatic carbocycles. The molecule has 0 N–H and O–H groups in total. The van der Waals surface area contributed by atoms with Crippen LogP contribution < -0.4 is 0 Å². The fourth-order valence-electron chi connectivity index (χ4n) is 6.42. The summed E-state index contributed by atoms with van der Waals surface area (Å²) in [5.74, 6) is 0. The average Bonchev–Trinajstić information content (AvgIpc) is 3.36. The normalized spacial score (nSPS) is 22.0. The van der Waals surface area contributed by atoms with E-state index in [1.54, 1.807) is 96.3 Å². The summed E-state index contributed by atoms with van der Waals surface area (Å²) in [6.07, 6.45) is 23.8. The van der Waals surface area contributed by atoms with Crippen molar-refractivity contribution in [3.05, 3.63) is 43.1 Å². The quantitative estimate of drug-likeness (QED) is 0.147. The molecule has 4 fully saturated rings. The van der Waals surface area contributed by atoms with Gasteiger partial charge in [0.25, 0.3) is 0 Å². The van der Waals surface area contributed by atoms with Gasteiger partial charge in [-0.25, -0.2) is 6.67 Å². The van der Waals surface area contributed by atoms with E-state index in [1.165, 1.54) is 30.1 Å². The number of nitrogens with zero attached hydrogens (tertiary/aromatic N) is 2. The fourth-order valence-corrected chi connectivity index (χ4v) is 11.6. The van der Waals surface area contributed by atoms with Crippen molar-refractivity contribution in [1.29, 1.82) is 0 Å². The smallest absolute Gasteiger partial charge is 0.171 e. The van der Waals surface area contributed by atoms with Gasteiger partial charge in [0.05, 0.1) is 17.0 Å². The van der Waals surface area contributed by atoms with Crippen molar-refractivity contribution in [3.8, 4) is 0 Å². The van der Waals surface area contributed by atoms with Crippen molar-refractivity contribution >= 4 is 24.4 Å². The monoisotopic (exact) mass is 623 g/mol. The van der Waals surface area contributed by atoms with Crippen LogP contribution in [-0.4, -0.2) is 60.8 Å². The van der Waals surface area contributed by atoms with Crippen molar-refractivity contribution in [2.75, 3.05) is 27.2 Å². The van der Waals surface area contributed by atoms with E-state index in [2.05, 4.69) is 53.1 Å². The molecule has 0 bridgehead atoms. The summed E-state index contributed by atoms with van der Waals surface area (Å²) in [7, 11) is 8.70. The first-order chi connectivity index (χ1) is 17.7. The van der Waals surface area contributed by atoms with Gasteiger partial charge in [0.2, 0.25) is 0 Å². The molecule has 0 aromatic heterocycles. The van der Waals surface area contributed by atoms with Gasteiger partial charge in [-0.15, -0.1) is 0 Å². The van der Waals surface area contributed by atoms with Crippen LogP contribution in [0.4, 0.5) is 0 Å². The van der Waals surface area contributed by atoms with Gasteiger partial charge in [-0.05, 0) is 104 Å². The summed E-state index contributed by atoms with van der Waals surface area (Å²) in [6.45, 7) is 7.72. The van der Waals surface area contributed by atoms with Crippen molar-refractivity contribution < 1.29 is 22.1 Å². The number of likely N-dealkylation sites (N-methyl/N-ethyl adjacent to an activating group) is 2. The van der Waals surface area contributed by atoms with Gasteiger partial charge in [0.15, 0.2) is 0 Å². The Morgan fingerprint density at radius 2 is 1.03 bits per heavy atom. The van der Waals surface area contributed by atoms with E-state index in [9.17, 15) is 0 Å². The topological polar surface area (TPSA) is 23.6 Å². The van der Waals surface area contributed by atoms with Crippen LogP contribution in [0.2, 0.25) is 0 Å². The fraction of sp³-hybridized carbons (Fsp3) is 0.733. The van der Waals surface area contributed by atoms with Crippen LogP contribution in [0.15, 0.2) is 30.3 Å². The molecule has 0 unspecified atom stereocenters. The molecule has 1 saturated heterocycles. The summed E-state index contributed by atoms with van der Waals surface area (Å²) in [5.41, 5.74) is 3.68. The molecule has 1 aromatic carbocycles. The molecule has 36 heavy (non-hydrogen) atoms. The molecule has 6 heteroatoms. The zero-order valence-electron chi connectivity index (χ0n) is 22.8. The molecular formula is C30H51ClN2OPRu+. The minimum absolute atomic E-state index is 0.0465. The van der Waals surface area contributed by atoms with Crippen LogP contribution in [0.5, 0.6) is 0 Å². The first kappa shape index (κ1) is 34.2. The van der Waals surface area contributed by atoms with Gasteiger partial charge >= 0.3 is 27.0 Å². The van der Waals surface area contributed by atoms with E-state index < -0.39 is 0 Å². The maximum atomic E-state index is 7.75. The molecule has 1 heterocycles. The Hall–Kier alpha value is 0.153. The first-order valence-electron chi connectivity index (χ1n) is 14.1. The molecule has 1 aromatic rings. The summed E-state index contributed by atoms with van der Waals surface area (Å²) in [6, 6.07) is 12.5. The number of hydrogen-bond acceptors (Lipinski definition) is 3. The van der Waals surface area contributed by atoms with Crippen LogP contribution in [0, 0.1) is 12.7 Å². The number of benzene rings is 1. The predicted octanol–water partition coefficient (Wildman–Crippen LogP) is 8.08. The third-order valence-corrected chi connectivity index (χ3v) is 12.6. The van der Waals surface area contributed by atoms with Crippen LogP contribution in [-0.2, 0) is 22.1 Å². The SMILES string of the molecule is C1CCC([PH+](C2CCCCC2)C2CCCCC2)CC1.CN1[CH-]N(C)CC1.[CH-]=O.[Cl][Ru+3].[c-]1ccccc1. The molecule has 0 spiro atoms. The Bertz CT molecular complexity index is 518. The minimum Gasteiger partial charge on any atom is -0.184 e. The largest absolute Gasteiger partial charge is 0.184 e. The first-order valence-corrected chi connectivity index (χ1v) is 18.1. The van der Waals surface area contributed by atoms with Crippen molar-refractivity contribution in [1.82, 2.24) is 9.80 Å². The zero-order chi connectivity index (χ0) is 26.4. The Balaban J connectivity index is 0.000000312. The second-order valence-electron chi connectivity index (χ2n) is 10.7. The van der Waals surface area contributed by atoms with Crippen LogP contribution >= 0.6 is 17.6 Å². The number of halogens is 1. The Morgan fingerprint density at radius 3 is 1.22 bits per heavy atom. The number of rotatable bonds is 3. The molecular weight excluding hydrogens is 572 g/mol. The van der Waals surface area contributed by atoms with Crippen molar-refractivity contribution in [2.45, 2.75) is 113 Å². The van der Waals surface area contributed by atoms with Gasteiger partial charge in [0, 0.05) is 7.92 Å². The standard InChI is InChI=1S/C18H33P.C6H5.C5H11N2.CHO.ClH.Ru/c1-4-10-16(11-5-1)19(17-12-6-2-7-13-17)18-14-8-3-9-15-18;1-2-4-6-5-3-1;1-6-3-4-7(2)5-6;1-2;;/h16-18H,1-15H2;1-5H;5H,3-4H2,1-2H3;1H;1H;/q;3*-1;;+4. The number of hydrogen-bond donors (Lipinski definition) is 0. The summed E-state index contributed by atoms with van der Waals surface area (Å²) in [4.78, 5) is 12.1. The van der Waals surface area contributed by atoms with Gasteiger partial charge in [-0.2, -0.15) is 36.4 Å². The van der Waals surface area contributed by atoms with Crippen molar-refractivity contribution in [2.24, 2.45) is 0 Å². The van der Waals surface area contributed by atoms with Crippen molar-refractivity contribution in [3.63, 3.8) is 0 Å². The maximum absolute atomic E-state index is 7.75. The molecule has 5 rings (SSSR count). The zero-order valence-corrected chi connectivity index (χ0v) is 26.3. The van der Waals surface area contributed by atoms with Gasteiger partial charge in [-0.1, -0.05) is 19.3 Å². The molecule has 3 saturated carbocycles. The summed E-state index contributed by atoms with van der Waals surface area (Å²) >= 11 is 1.82. The molecule has 3 nitrogen and oxygen atoms in total. The van der Waals surface area contributed by atoms with E-state index in [0.29, 0.717) is 0 Å². The number of carbonyl (C=O) groups excluding carboxylic acids is 1. The Labute approximate surface area is 239 Å². The predicted molar refractivity (Wildman–Crippen MR) is 156 cm³/mol. The minimum atomic E-state index is -0.0465. The Morgan fingerprint density at radius 1 is 0.694 bits per heavy atom.